The number of imidazole rings is 1. The van der Waals surface area contributed by atoms with Gasteiger partial charge >= 0.3 is 5.97 Å². The third kappa shape index (κ3) is 4.05. The van der Waals surface area contributed by atoms with Gasteiger partial charge in [0.05, 0.1) is 6.33 Å². The van der Waals surface area contributed by atoms with Crippen molar-refractivity contribution < 1.29 is 14.7 Å². The molecule has 2 aromatic rings. The van der Waals surface area contributed by atoms with Gasteiger partial charge in [-0.15, -0.1) is 0 Å². The molecular formula is C16H17N3O3. The topological polar surface area (TPSA) is 86.3 Å². The van der Waals surface area contributed by atoms with E-state index in [0.29, 0.717) is 5.69 Å². The van der Waals surface area contributed by atoms with Crippen LogP contribution in [0, 0.1) is 0 Å². The highest BCUT2D eigenvalue weighted by molar-refractivity contribution is 5.94. The van der Waals surface area contributed by atoms with Crippen LogP contribution in [-0.2, 0) is 16.0 Å². The van der Waals surface area contributed by atoms with Crippen LogP contribution in [0.25, 0.3) is 6.08 Å². The van der Waals surface area contributed by atoms with Crippen molar-refractivity contribution in [2.45, 2.75) is 12.5 Å². The van der Waals surface area contributed by atoms with Crippen LogP contribution >= 0.6 is 0 Å². The second-order valence-electron chi connectivity index (χ2n) is 4.83. The van der Waals surface area contributed by atoms with E-state index in [-0.39, 0.29) is 12.3 Å². The summed E-state index contributed by atoms with van der Waals surface area (Å²) in [5.74, 6) is -1.42. The Balaban J connectivity index is 2.06. The molecule has 0 saturated carbocycles. The first-order chi connectivity index (χ1) is 10.6. The maximum Gasteiger partial charge on any atom is 0.326 e. The first-order valence-corrected chi connectivity index (χ1v) is 6.78. The van der Waals surface area contributed by atoms with Gasteiger partial charge < -0.3 is 15.0 Å². The molecule has 22 heavy (non-hydrogen) atoms. The van der Waals surface area contributed by atoms with Gasteiger partial charge in [-0.2, -0.15) is 0 Å². The fourth-order valence-corrected chi connectivity index (χ4v) is 2.00. The van der Waals surface area contributed by atoms with Gasteiger partial charge in [0, 0.05) is 31.4 Å². The summed E-state index contributed by atoms with van der Waals surface area (Å²) in [6.07, 6.45) is 6.24. The number of aliphatic carboxylic acids is 1. The van der Waals surface area contributed by atoms with E-state index in [4.69, 9.17) is 0 Å². The van der Waals surface area contributed by atoms with E-state index in [0.717, 1.165) is 5.56 Å². The maximum atomic E-state index is 12.1. The van der Waals surface area contributed by atoms with Gasteiger partial charge in [-0.25, -0.2) is 9.78 Å². The van der Waals surface area contributed by atoms with Crippen LogP contribution < -0.4 is 0 Å². The molecule has 2 rings (SSSR count). The predicted molar refractivity (Wildman–Crippen MR) is 82.0 cm³/mol. The largest absolute Gasteiger partial charge is 0.480 e. The summed E-state index contributed by atoms with van der Waals surface area (Å²) in [5, 5.41) is 9.32. The molecule has 1 amide bonds. The number of carboxylic acids is 1. The summed E-state index contributed by atoms with van der Waals surface area (Å²) in [4.78, 5) is 31.4. The summed E-state index contributed by atoms with van der Waals surface area (Å²) >= 11 is 0. The monoisotopic (exact) mass is 299 g/mol. The number of aromatic nitrogens is 2. The minimum Gasteiger partial charge on any atom is -0.480 e. The summed E-state index contributed by atoms with van der Waals surface area (Å²) in [7, 11) is 1.48. The molecule has 0 radical (unpaired) electrons. The predicted octanol–water partition coefficient (Wildman–Crippen LogP) is 1.58. The lowest BCUT2D eigenvalue weighted by Gasteiger charge is -2.23. The number of H-pyrrole nitrogens is 1. The summed E-state index contributed by atoms with van der Waals surface area (Å²) in [6, 6.07) is 8.40. The molecule has 2 N–H and O–H groups in total. The number of carbonyl (C=O) groups is 2. The van der Waals surface area contributed by atoms with Crippen LogP contribution in [0.3, 0.4) is 0 Å². The zero-order valence-corrected chi connectivity index (χ0v) is 12.1. The van der Waals surface area contributed by atoms with Crippen LogP contribution in [0.2, 0.25) is 0 Å². The van der Waals surface area contributed by atoms with Crippen molar-refractivity contribution in [2.24, 2.45) is 0 Å². The normalized spacial score (nSPS) is 12.2. The number of amides is 1. The highest BCUT2D eigenvalue weighted by Crippen LogP contribution is 2.08. The molecular weight excluding hydrogens is 282 g/mol. The Morgan fingerprint density at radius 1 is 1.36 bits per heavy atom. The van der Waals surface area contributed by atoms with E-state index < -0.39 is 12.0 Å². The number of carboxylic acid groups (broad SMARTS) is 1. The molecule has 0 aliphatic carbocycles. The maximum absolute atomic E-state index is 12.1. The Morgan fingerprint density at radius 3 is 2.68 bits per heavy atom. The zero-order valence-electron chi connectivity index (χ0n) is 12.1. The quantitative estimate of drug-likeness (QED) is 0.793. The van der Waals surface area contributed by atoms with Crippen molar-refractivity contribution in [3.8, 4) is 0 Å². The lowest BCUT2D eigenvalue weighted by atomic mass is 10.1. The lowest BCUT2D eigenvalue weighted by Crippen LogP contribution is -2.43. The first kappa shape index (κ1) is 15.5. The van der Waals surface area contributed by atoms with E-state index in [1.165, 1.54) is 24.4 Å². The number of benzene rings is 1. The lowest BCUT2D eigenvalue weighted by molar-refractivity contribution is -0.147. The van der Waals surface area contributed by atoms with Crippen molar-refractivity contribution in [2.75, 3.05) is 7.05 Å². The van der Waals surface area contributed by atoms with Crippen molar-refractivity contribution >= 4 is 18.0 Å². The molecule has 0 aliphatic rings. The highest BCUT2D eigenvalue weighted by atomic mass is 16.4. The number of hydrogen-bond donors (Lipinski definition) is 2. The van der Waals surface area contributed by atoms with Crippen molar-refractivity contribution in [3.05, 3.63) is 60.2 Å². The molecule has 1 atom stereocenters. The molecule has 114 valence electrons. The van der Waals surface area contributed by atoms with Gasteiger partial charge in [0.1, 0.15) is 6.04 Å². The highest BCUT2D eigenvalue weighted by Gasteiger charge is 2.26. The van der Waals surface area contributed by atoms with Crippen molar-refractivity contribution in [1.29, 1.82) is 0 Å². The number of rotatable bonds is 6. The third-order valence-corrected chi connectivity index (χ3v) is 3.29. The van der Waals surface area contributed by atoms with Crippen molar-refractivity contribution in [3.63, 3.8) is 0 Å². The number of nitrogens with one attached hydrogen (secondary N) is 1. The summed E-state index contributed by atoms with van der Waals surface area (Å²) in [5.41, 5.74) is 1.55. The van der Waals surface area contributed by atoms with Gasteiger partial charge in [-0.05, 0) is 11.6 Å². The minimum atomic E-state index is -1.06. The third-order valence-electron chi connectivity index (χ3n) is 3.29. The summed E-state index contributed by atoms with van der Waals surface area (Å²) < 4.78 is 0. The van der Waals surface area contributed by atoms with E-state index in [2.05, 4.69) is 9.97 Å². The molecule has 1 aromatic heterocycles. The number of hydrogen-bond acceptors (Lipinski definition) is 3. The molecule has 0 aliphatic heterocycles. The van der Waals surface area contributed by atoms with E-state index in [9.17, 15) is 14.7 Å². The molecule has 1 heterocycles. The average molecular weight is 299 g/mol. The standard InChI is InChI=1S/C16H17N3O3/c1-19(14(16(21)22)9-13-10-17-11-18-13)15(20)8-7-12-5-3-2-4-6-12/h2-8,10-11,14H,9H2,1H3,(H,17,18)(H,21,22)/t14-/m0/s1. The van der Waals surface area contributed by atoms with E-state index in [1.54, 1.807) is 12.3 Å². The van der Waals surface area contributed by atoms with Crippen LogP contribution in [0.1, 0.15) is 11.3 Å². The number of carbonyl (C=O) groups excluding carboxylic acids is 1. The molecule has 0 saturated heterocycles. The number of likely N-dealkylation sites (N-methyl/N-ethyl adjacent to an activating group) is 1. The van der Waals surface area contributed by atoms with Crippen LogP contribution in [0.15, 0.2) is 48.9 Å². The number of aromatic amines is 1. The van der Waals surface area contributed by atoms with Gasteiger partial charge in [-0.1, -0.05) is 30.3 Å². The molecule has 0 bridgehead atoms. The van der Waals surface area contributed by atoms with Crippen LogP contribution in [0.5, 0.6) is 0 Å². The number of nitrogens with zero attached hydrogens (tertiary/aromatic N) is 2. The fraction of sp³-hybridized carbons (Fsp3) is 0.188. The van der Waals surface area contributed by atoms with Gasteiger partial charge in [-0.3, -0.25) is 4.79 Å². The van der Waals surface area contributed by atoms with Crippen molar-refractivity contribution in [1.82, 2.24) is 14.9 Å². The van der Waals surface area contributed by atoms with Gasteiger partial charge in [0.25, 0.3) is 0 Å². The molecule has 6 heteroatoms. The molecule has 0 unspecified atom stereocenters. The average Bonchev–Trinajstić information content (AvgIpc) is 3.03. The van der Waals surface area contributed by atoms with Gasteiger partial charge in [0.15, 0.2) is 0 Å². The Hall–Kier alpha value is -2.89. The van der Waals surface area contributed by atoms with E-state index in [1.807, 2.05) is 30.3 Å². The molecule has 1 aromatic carbocycles. The smallest absolute Gasteiger partial charge is 0.326 e. The SMILES string of the molecule is CN(C(=O)C=Cc1ccccc1)[C@@H](Cc1cnc[nH]1)C(=O)O. The Labute approximate surface area is 128 Å². The Morgan fingerprint density at radius 2 is 2.09 bits per heavy atom. The second-order valence-corrected chi connectivity index (χ2v) is 4.83. The second kappa shape index (κ2) is 7.21. The van der Waals surface area contributed by atoms with Crippen LogP contribution in [-0.4, -0.2) is 44.9 Å². The molecule has 6 nitrogen and oxygen atoms in total. The zero-order chi connectivity index (χ0) is 15.9. The first-order valence-electron chi connectivity index (χ1n) is 6.78. The molecule has 0 fully saturated rings. The fourth-order valence-electron chi connectivity index (χ4n) is 2.00. The Bertz CT molecular complexity index is 651. The minimum absolute atomic E-state index is 0.177. The van der Waals surface area contributed by atoms with Gasteiger partial charge in [0.2, 0.25) is 5.91 Å². The molecule has 0 spiro atoms. The van der Waals surface area contributed by atoms with Crippen LogP contribution in [0.4, 0.5) is 0 Å². The van der Waals surface area contributed by atoms with E-state index >= 15 is 0 Å². The summed E-state index contributed by atoms with van der Waals surface area (Å²) in [6.45, 7) is 0. The Kier molecular flexibility index (Phi) is 5.08.